The van der Waals surface area contributed by atoms with Gasteiger partial charge in [-0.1, -0.05) is 6.92 Å². The monoisotopic (exact) mass is 258 g/mol. The van der Waals surface area contributed by atoms with E-state index in [1.807, 2.05) is 6.92 Å². The van der Waals surface area contributed by atoms with Crippen LogP contribution >= 0.6 is 0 Å². The SMILES string of the molecule is CC1CCC(C)N(S(=O)(=O)c2cn[nH]c2N)C1. The van der Waals surface area contributed by atoms with E-state index in [1.165, 1.54) is 10.5 Å². The Bertz CT molecular complexity index is 496. The molecule has 0 saturated carbocycles. The minimum absolute atomic E-state index is 0.0190. The summed E-state index contributed by atoms with van der Waals surface area (Å²) in [6.45, 7) is 4.54. The van der Waals surface area contributed by atoms with Gasteiger partial charge in [-0.05, 0) is 25.7 Å². The van der Waals surface area contributed by atoms with Gasteiger partial charge in [-0.3, -0.25) is 5.10 Å². The Kier molecular flexibility index (Phi) is 3.13. The number of aromatic nitrogens is 2. The minimum Gasteiger partial charge on any atom is -0.383 e. The van der Waals surface area contributed by atoms with Crippen LogP contribution in [0.5, 0.6) is 0 Å². The summed E-state index contributed by atoms with van der Waals surface area (Å²) < 4.78 is 26.4. The van der Waals surface area contributed by atoms with Crippen molar-refractivity contribution in [1.82, 2.24) is 14.5 Å². The molecule has 0 aliphatic carbocycles. The zero-order valence-electron chi connectivity index (χ0n) is 10.0. The van der Waals surface area contributed by atoms with Crippen LogP contribution < -0.4 is 5.73 Å². The number of H-pyrrole nitrogens is 1. The summed E-state index contributed by atoms with van der Waals surface area (Å²) >= 11 is 0. The number of rotatable bonds is 2. The van der Waals surface area contributed by atoms with E-state index in [2.05, 4.69) is 17.1 Å². The number of nitrogens with two attached hydrogens (primary N) is 1. The lowest BCUT2D eigenvalue weighted by molar-refractivity contribution is 0.218. The first kappa shape index (κ1) is 12.4. The Morgan fingerprint density at radius 1 is 1.47 bits per heavy atom. The van der Waals surface area contributed by atoms with Crippen LogP contribution in [0.1, 0.15) is 26.7 Å². The predicted molar refractivity (Wildman–Crippen MR) is 64.8 cm³/mol. The molecule has 17 heavy (non-hydrogen) atoms. The molecule has 0 amide bonds. The molecule has 2 heterocycles. The Morgan fingerprint density at radius 2 is 2.18 bits per heavy atom. The number of nitrogens with zero attached hydrogens (tertiary/aromatic N) is 2. The van der Waals surface area contributed by atoms with Crippen LogP contribution in [0, 0.1) is 5.92 Å². The van der Waals surface area contributed by atoms with Crippen molar-refractivity contribution in [1.29, 1.82) is 0 Å². The van der Waals surface area contributed by atoms with Crippen molar-refractivity contribution in [3.8, 4) is 0 Å². The molecule has 1 saturated heterocycles. The van der Waals surface area contributed by atoms with Gasteiger partial charge in [-0.2, -0.15) is 9.40 Å². The second kappa shape index (κ2) is 4.30. The van der Waals surface area contributed by atoms with Crippen LogP contribution in [0.2, 0.25) is 0 Å². The van der Waals surface area contributed by atoms with Crippen LogP contribution in [0.25, 0.3) is 0 Å². The highest BCUT2D eigenvalue weighted by molar-refractivity contribution is 7.89. The van der Waals surface area contributed by atoms with Gasteiger partial charge in [0.2, 0.25) is 10.0 Å². The number of hydrogen-bond acceptors (Lipinski definition) is 4. The second-order valence-corrected chi connectivity index (χ2v) is 6.61. The molecular weight excluding hydrogens is 240 g/mol. The maximum absolute atomic E-state index is 12.4. The number of aromatic amines is 1. The highest BCUT2D eigenvalue weighted by atomic mass is 32.2. The van der Waals surface area contributed by atoms with Crippen molar-refractivity contribution >= 4 is 15.8 Å². The van der Waals surface area contributed by atoms with Crippen molar-refractivity contribution in [2.75, 3.05) is 12.3 Å². The summed E-state index contributed by atoms with van der Waals surface area (Å²) in [6.07, 6.45) is 3.23. The zero-order valence-corrected chi connectivity index (χ0v) is 10.9. The van der Waals surface area contributed by atoms with Crippen LogP contribution in [0.4, 0.5) is 5.82 Å². The topological polar surface area (TPSA) is 92.1 Å². The summed E-state index contributed by atoms with van der Waals surface area (Å²) in [6, 6.07) is 0.0190. The molecule has 1 aliphatic rings. The van der Waals surface area contributed by atoms with Crippen molar-refractivity contribution in [2.45, 2.75) is 37.6 Å². The van der Waals surface area contributed by atoms with E-state index in [0.29, 0.717) is 12.5 Å². The van der Waals surface area contributed by atoms with Gasteiger partial charge in [0.1, 0.15) is 10.7 Å². The summed E-state index contributed by atoms with van der Waals surface area (Å²) in [7, 11) is -3.52. The maximum Gasteiger partial charge on any atom is 0.248 e. The highest BCUT2D eigenvalue weighted by Gasteiger charge is 2.35. The normalized spacial score (nSPS) is 27.2. The van der Waals surface area contributed by atoms with Crippen LogP contribution in [-0.2, 0) is 10.0 Å². The van der Waals surface area contributed by atoms with Gasteiger partial charge in [0.25, 0.3) is 0 Å². The summed E-state index contributed by atoms with van der Waals surface area (Å²) in [5.41, 5.74) is 5.59. The molecule has 1 aliphatic heterocycles. The first-order valence-electron chi connectivity index (χ1n) is 5.73. The van der Waals surface area contributed by atoms with Crippen molar-refractivity contribution < 1.29 is 8.42 Å². The number of piperidine rings is 1. The number of nitrogen functional groups attached to an aromatic ring is 1. The molecule has 6 nitrogen and oxygen atoms in total. The average molecular weight is 258 g/mol. The third-order valence-corrected chi connectivity index (χ3v) is 5.29. The van der Waals surface area contributed by atoms with Crippen molar-refractivity contribution in [3.63, 3.8) is 0 Å². The van der Waals surface area contributed by atoms with Crippen LogP contribution in [0.3, 0.4) is 0 Å². The van der Waals surface area contributed by atoms with E-state index in [9.17, 15) is 8.42 Å². The van der Waals surface area contributed by atoms with Gasteiger partial charge in [0, 0.05) is 12.6 Å². The van der Waals surface area contributed by atoms with E-state index in [0.717, 1.165) is 12.8 Å². The zero-order chi connectivity index (χ0) is 12.6. The summed E-state index contributed by atoms with van der Waals surface area (Å²) in [4.78, 5) is 0.0819. The van der Waals surface area contributed by atoms with Gasteiger partial charge >= 0.3 is 0 Å². The van der Waals surface area contributed by atoms with E-state index in [-0.39, 0.29) is 16.8 Å². The molecule has 2 rings (SSSR count). The predicted octanol–water partition coefficient (Wildman–Crippen LogP) is 0.801. The number of anilines is 1. The summed E-state index contributed by atoms with van der Waals surface area (Å²) in [5, 5.41) is 6.13. The molecule has 7 heteroatoms. The number of sulfonamides is 1. The third-order valence-electron chi connectivity index (χ3n) is 3.28. The fourth-order valence-corrected chi connectivity index (χ4v) is 3.99. The molecule has 0 bridgehead atoms. The molecular formula is C10H18N4O2S. The second-order valence-electron chi connectivity index (χ2n) is 4.75. The standard InChI is InChI=1S/C10H18N4O2S/c1-7-3-4-8(2)14(6-7)17(15,16)9-5-12-13-10(9)11/h5,7-8H,3-4,6H2,1-2H3,(H3,11,12,13). The average Bonchev–Trinajstić information content (AvgIpc) is 2.68. The van der Waals surface area contributed by atoms with Gasteiger partial charge in [-0.25, -0.2) is 8.42 Å². The Balaban J connectivity index is 2.35. The molecule has 2 atom stereocenters. The molecule has 0 aromatic carbocycles. The van der Waals surface area contributed by atoms with E-state index < -0.39 is 10.0 Å². The van der Waals surface area contributed by atoms with Crippen molar-refractivity contribution in [2.24, 2.45) is 5.92 Å². The number of hydrogen-bond donors (Lipinski definition) is 2. The Labute approximate surface area is 101 Å². The maximum atomic E-state index is 12.4. The van der Waals surface area contributed by atoms with E-state index in [4.69, 9.17) is 5.73 Å². The first-order chi connectivity index (χ1) is 7.93. The molecule has 0 radical (unpaired) electrons. The molecule has 2 unspecified atom stereocenters. The largest absolute Gasteiger partial charge is 0.383 e. The van der Waals surface area contributed by atoms with Gasteiger partial charge in [0.15, 0.2) is 0 Å². The van der Waals surface area contributed by atoms with Crippen LogP contribution in [0.15, 0.2) is 11.1 Å². The molecule has 1 aromatic rings. The Morgan fingerprint density at radius 3 is 2.76 bits per heavy atom. The lowest BCUT2D eigenvalue weighted by Crippen LogP contribution is -2.44. The van der Waals surface area contributed by atoms with Crippen molar-refractivity contribution in [3.05, 3.63) is 6.20 Å². The van der Waals surface area contributed by atoms with E-state index in [1.54, 1.807) is 0 Å². The van der Waals surface area contributed by atoms with E-state index >= 15 is 0 Å². The molecule has 1 aromatic heterocycles. The first-order valence-corrected chi connectivity index (χ1v) is 7.17. The quantitative estimate of drug-likeness (QED) is 0.820. The Hall–Kier alpha value is -1.08. The molecule has 0 spiro atoms. The molecule has 1 fully saturated rings. The minimum atomic E-state index is -3.52. The van der Waals surface area contributed by atoms with Gasteiger partial charge in [0.05, 0.1) is 6.20 Å². The van der Waals surface area contributed by atoms with Crippen LogP contribution in [-0.4, -0.2) is 35.5 Å². The fraction of sp³-hybridized carbons (Fsp3) is 0.700. The highest BCUT2D eigenvalue weighted by Crippen LogP contribution is 2.29. The smallest absolute Gasteiger partial charge is 0.248 e. The third kappa shape index (κ3) is 2.16. The van der Waals surface area contributed by atoms with Gasteiger partial charge < -0.3 is 5.73 Å². The molecule has 96 valence electrons. The number of nitrogens with one attached hydrogen (secondary N) is 1. The summed E-state index contributed by atoms with van der Waals surface area (Å²) in [5.74, 6) is 0.490. The lowest BCUT2D eigenvalue weighted by Gasteiger charge is -2.35. The molecule has 3 N–H and O–H groups in total. The fourth-order valence-electron chi connectivity index (χ4n) is 2.20. The van der Waals surface area contributed by atoms with Gasteiger partial charge in [-0.15, -0.1) is 0 Å². The lowest BCUT2D eigenvalue weighted by atomic mass is 9.97.